The zero-order valence-corrected chi connectivity index (χ0v) is 6.53. The van der Waals surface area contributed by atoms with Crippen molar-refractivity contribution in [2.24, 2.45) is 0 Å². The lowest BCUT2D eigenvalue weighted by molar-refractivity contribution is 0.467. The number of aromatic hydroxyl groups is 1. The van der Waals surface area contributed by atoms with Crippen molar-refractivity contribution in [3.63, 3.8) is 0 Å². The number of hydrogen-bond donors (Lipinski definition) is 2. The smallest absolute Gasteiger partial charge is 0.156 e. The number of rotatable bonds is 1. The molecule has 2 rings (SSSR count). The van der Waals surface area contributed by atoms with E-state index in [0.29, 0.717) is 0 Å². The van der Waals surface area contributed by atoms with Gasteiger partial charge in [-0.15, -0.1) is 0 Å². The van der Waals surface area contributed by atoms with Crippen LogP contribution in [0.5, 0.6) is 5.75 Å². The minimum atomic E-state index is -0.602. The SMILES string of the molecule is Oc1cncc(F)c1-c1ncc[nH]1. The molecule has 0 aliphatic rings. The molecule has 0 atom stereocenters. The predicted octanol–water partition coefficient (Wildman–Crippen LogP) is 1.32. The van der Waals surface area contributed by atoms with Gasteiger partial charge in [0.2, 0.25) is 0 Å². The van der Waals surface area contributed by atoms with Crippen LogP contribution in [-0.2, 0) is 0 Å². The van der Waals surface area contributed by atoms with Crippen LogP contribution in [0.2, 0.25) is 0 Å². The van der Waals surface area contributed by atoms with E-state index in [4.69, 9.17) is 0 Å². The Bertz CT molecular complexity index is 393. The molecule has 66 valence electrons. The number of nitrogens with one attached hydrogen (secondary N) is 1. The highest BCUT2D eigenvalue weighted by atomic mass is 19.1. The number of hydrogen-bond acceptors (Lipinski definition) is 3. The Morgan fingerprint density at radius 3 is 2.85 bits per heavy atom. The maximum atomic E-state index is 13.1. The van der Waals surface area contributed by atoms with E-state index in [1.165, 1.54) is 12.4 Å². The van der Waals surface area contributed by atoms with Crippen molar-refractivity contribution in [3.05, 3.63) is 30.6 Å². The Morgan fingerprint density at radius 2 is 2.23 bits per heavy atom. The molecule has 13 heavy (non-hydrogen) atoms. The number of halogens is 1. The molecule has 2 heterocycles. The predicted molar refractivity (Wildman–Crippen MR) is 43.4 cm³/mol. The van der Waals surface area contributed by atoms with Gasteiger partial charge in [-0.1, -0.05) is 0 Å². The number of H-pyrrole nitrogens is 1. The first-order valence-electron chi connectivity index (χ1n) is 3.61. The third-order valence-electron chi connectivity index (χ3n) is 1.61. The molecule has 0 unspecified atom stereocenters. The van der Waals surface area contributed by atoms with Crippen LogP contribution in [0, 0.1) is 5.82 Å². The molecule has 0 spiro atoms. The van der Waals surface area contributed by atoms with Crippen LogP contribution >= 0.6 is 0 Å². The van der Waals surface area contributed by atoms with Crippen molar-refractivity contribution >= 4 is 0 Å². The molecule has 0 amide bonds. The zero-order chi connectivity index (χ0) is 9.26. The van der Waals surface area contributed by atoms with Crippen LogP contribution < -0.4 is 0 Å². The Kier molecular flexibility index (Phi) is 1.70. The van der Waals surface area contributed by atoms with Crippen molar-refractivity contribution in [1.82, 2.24) is 15.0 Å². The summed E-state index contributed by atoms with van der Waals surface area (Å²) in [6.45, 7) is 0. The summed E-state index contributed by atoms with van der Waals surface area (Å²) in [4.78, 5) is 10.0. The standard InChI is InChI=1S/C8H6FN3O/c9-5-3-10-4-6(13)7(5)8-11-1-2-12-8/h1-4,13H,(H,11,12). The molecule has 0 bridgehead atoms. The molecule has 0 radical (unpaired) electrons. The van der Waals surface area contributed by atoms with Crippen LogP contribution in [-0.4, -0.2) is 20.1 Å². The highest BCUT2D eigenvalue weighted by Crippen LogP contribution is 2.27. The summed E-state index contributed by atoms with van der Waals surface area (Å²) in [6, 6.07) is 0. The van der Waals surface area contributed by atoms with E-state index in [1.807, 2.05) is 0 Å². The Balaban J connectivity index is 2.64. The van der Waals surface area contributed by atoms with Crippen molar-refractivity contribution in [1.29, 1.82) is 0 Å². The Hall–Kier alpha value is -1.91. The van der Waals surface area contributed by atoms with Crippen molar-refractivity contribution in [2.75, 3.05) is 0 Å². The van der Waals surface area contributed by atoms with E-state index < -0.39 is 5.82 Å². The molecule has 0 aromatic carbocycles. The summed E-state index contributed by atoms with van der Waals surface area (Å²) in [6.07, 6.45) is 5.22. The lowest BCUT2D eigenvalue weighted by Gasteiger charge is -2.00. The third kappa shape index (κ3) is 1.24. The lowest BCUT2D eigenvalue weighted by Crippen LogP contribution is -1.88. The van der Waals surface area contributed by atoms with Crippen LogP contribution in [0.1, 0.15) is 0 Å². The molecule has 0 fully saturated rings. The number of aromatic amines is 1. The molecule has 5 heteroatoms. The van der Waals surface area contributed by atoms with E-state index in [0.717, 1.165) is 6.20 Å². The van der Waals surface area contributed by atoms with E-state index in [9.17, 15) is 9.50 Å². The molecular formula is C8H6FN3O. The maximum absolute atomic E-state index is 13.1. The van der Waals surface area contributed by atoms with Gasteiger partial charge in [-0.05, 0) is 0 Å². The van der Waals surface area contributed by atoms with E-state index in [1.54, 1.807) is 6.20 Å². The van der Waals surface area contributed by atoms with Gasteiger partial charge < -0.3 is 10.1 Å². The minimum absolute atomic E-state index is 0.0417. The fraction of sp³-hybridized carbons (Fsp3) is 0. The largest absolute Gasteiger partial charge is 0.505 e. The van der Waals surface area contributed by atoms with E-state index in [2.05, 4.69) is 15.0 Å². The quantitative estimate of drug-likeness (QED) is 0.693. The second-order valence-electron chi connectivity index (χ2n) is 2.45. The first-order valence-corrected chi connectivity index (χ1v) is 3.61. The fourth-order valence-corrected chi connectivity index (χ4v) is 1.06. The van der Waals surface area contributed by atoms with Gasteiger partial charge in [0.15, 0.2) is 5.82 Å². The van der Waals surface area contributed by atoms with E-state index in [-0.39, 0.29) is 17.1 Å². The second kappa shape index (κ2) is 2.85. The van der Waals surface area contributed by atoms with Gasteiger partial charge in [0.1, 0.15) is 11.6 Å². The molecule has 2 aromatic rings. The summed E-state index contributed by atoms with van der Waals surface area (Å²) in [5, 5.41) is 9.30. The van der Waals surface area contributed by atoms with Gasteiger partial charge in [-0.3, -0.25) is 4.98 Å². The molecule has 0 aliphatic carbocycles. The van der Waals surface area contributed by atoms with Gasteiger partial charge in [0.25, 0.3) is 0 Å². The molecular weight excluding hydrogens is 173 g/mol. The lowest BCUT2D eigenvalue weighted by atomic mass is 10.2. The number of imidazole rings is 1. The van der Waals surface area contributed by atoms with Crippen LogP contribution in [0.15, 0.2) is 24.8 Å². The molecule has 2 aromatic heterocycles. The van der Waals surface area contributed by atoms with Crippen molar-refractivity contribution in [3.8, 4) is 17.1 Å². The number of pyridine rings is 1. The summed E-state index contributed by atoms with van der Waals surface area (Å²) in [5.74, 6) is -0.540. The van der Waals surface area contributed by atoms with Crippen molar-refractivity contribution < 1.29 is 9.50 Å². The highest BCUT2D eigenvalue weighted by molar-refractivity contribution is 5.62. The molecule has 0 saturated carbocycles. The molecule has 4 nitrogen and oxygen atoms in total. The fourth-order valence-electron chi connectivity index (χ4n) is 1.06. The second-order valence-corrected chi connectivity index (χ2v) is 2.45. The normalized spacial score (nSPS) is 10.2. The maximum Gasteiger partial charge on any atom is 0.156 e. The average Bonchev–Trinajstić information content (AvgIpc) is 2.57. The third-order valence-corrected chi connectivity index (χ3v) is 1.61. The van der Waals surface area contributed by atoms with Crippen LogP contribution in [0.3, 0.4) is 0 Å². The summed E-state index contributed by atoms with van der Waals surface area (Å²) in [5.41, 5.74) is 0.0417. The zero-order valence-electron chi connectivity index (χ0n) is 6.53. The molecule has 2 N–H and O–H groups in total. The summed E-state index contributed by atoms with van der Waals surface area (Å²) in [7, 11) is 0. The highest BCUT2D eigenvalue weighted by Gasteiger charge is 2.12. The summed E-state index contributed by atoms with van der Waals surface area (Å²) < 4.78 is 13.1. The molecule has 0 saturated heterocycles. The van der Waals surface area contributed by atoms with Gasteiger partial charge in [0, 0.05) is 12.4 Å². The number of nitrogens with zero attached hydrogens (tertiary/aromatic N) is 2. The average molecular weight is 179 g/mol. The van der Waals surface area contributed by atoms with Gasteiger partial charge in [-0.25, -0.2) is 9.37 Å². The Morgan fingerprint density at radius 1 is 1.38 bits per heavy atom. The summed E-state index contributed by atoms with van der Waals surface area (Å²) >= 11 is 0. The minimum Gasteiger partial charge on any atom is -0.505 e. The van der Waals surface area contributed by atoms with Crippen LogP contribution in [0.25, 0.3) is 11.4 Å². The first kappa shape index (κ1) is 7.72. The van der Waals surface area contributed by atoms with Crippen LogP contribution in [0.4, 0.5) is 4.39 Å². The topological polar surface area (TPSA) is 61.8 Å². The van der Waals surface area contributed by atoms with Gasteiger partial charge in [-0.2, -0.15) is 0 Å². The first-order chi connectivity index (χ1) is 6.29. The monoisotopic (exact) mass is 179 g/mol. The number of aromatic nitrogens is 3. The van der Waals surface area contributed by atoms with Gasteiger partial charge in [0.05, 0.1) is 18.0 Å². The Labute approximate surface area is 73.1 Å². The van der Waals surface area contributed by atoms with Gasteiger partial charge >= 0.3 is 0 Å². The molecule has 0 aliphatic heterocycles. The van der Waals surface area contributed by atoms with E-state index >= 15 is 0 Å². The van der Waals surface area contributed by atoms with Crippen molar-refractivity contribution in [2.45, 2.75) is 0 Å².